The van der Waals surface area contributed by atoms with E-state index in [-0.39, 0.29) is 18.1 Å². The van der Waals surface area contributed by atoms with E-state index in [0.717, 1.165) is 11.3 Å². The van der Waals surface area contributed by atoms with E-state index >= 15 is 0 Å². The Hall–Kier alpha value is -2.16. The SMILES string of the molecule is CCN(CC(=O)NC)C(=O)NC(C)c1nc(C(=O)O)cs1. The zero-order chi connectivity index (χ0) is 16.0. The van der Waals surface area contributed by atoms with Crippen LogP contribution in [0.1, 0.15) is 35.4 Å². The Morgan fingerprint density at radius 2 is 2.14 bits per heavy atom. The third-order valence-electron chi connectivity index (χ3n) is 2.73. The van der Waals surface area contributed by atoms with Gasteiger partial charge in [-0.05, 0) is 13.8 Å². The molecular weight excluding hydrogens is 296 g/mol. The largest absolute Gasteiger partial charge is 0.476 e. The summed E-state index contributed by atoms with van der Waals surface area (Å²) in [6.07, 6.45) is 0. The van der Waals surface area contributed by atoms with E-state index in [0.29, 0.717) is 11.6 Å². The third kappa shape index (κ3) is 4.71. The van der Waals surface area contributed by atoms with Crippen molar-refractivity contribution in [3.8, 4) is 0 Å². The molecule has 1 rings (SSSR count). The van der Waals surface area contributed by atoms with Crippen molar-refractivity contribution in [2.45, 2.75) is 19.9 Å². The van der Waals surface area contributed by atoms with Crippen molar-refractivity contribution in [1.29, 1.82) is 0 Å². The van der Waals surface area contributed by atoms with Crippen LogP contribution >= 0.6 is 11.3 Å². The fourth-order valence-corrected chi connectivity index (χ4v) is 2.30. The fraction of sp³-hybridized carbons (Fsp3) is 0.500. The Balaban J connectivity index is 2.66. The van der Waals surface area contributed by atoms with Gasteiger partial charge in [0.2, 0.25) is 5.91 Å². The van der Waals surface area contributed by atoms with Crippen molar-refractivity contribution < 1.29 is 19.5 Å². The Bertz CT molecular complexity index is 531. The van der Waals surface area contributed by atoms with Crippen LogP contribution in [-0.2, 0) is 4.79 Å². The fourth-order valence-electron chi connectivity index (χ4n) is 1.50. The number of rotatable bonds is 6. The molecule has 0 saturated heterocycles. The minimum Gasteiger partial charge on any atom is -0.476 e. The van der Waals surface area contributed by atoms with E-state index in [9.17, 15) is 14.4 Å². The molecule has 21 heavy (non-hydrogen) atoms. The number of hydrogen-bond acceptors (Lipinski definition) is 5. The van der Waals surface area contributed by atoms with Gasteiger partial charge >= 0.3 is 12.0 Å². The molecular formula is C12H18N4O4S. The van der Waals surface area contributed by atoms with Gasteiger partial charge in [-0.1, -0.05) is 0 Å². The molecule has 1 aromatic heterocycles. The number of nitrogens with zero attached hydrogens (tertiary/aromatic N) is 2. The number of aromatic carboxylic acids is 1. The Labute approximate surface area is 126 Å². The van der Waals surface area contributed by atoms with Gasteiger partial charge < -0.3 is 20.6 Å². The molecule has 0 aliphatic heterocycles. The normalized spacial score (nSPS) is 11.6. The Morgan fingerprint density at radius 1 is 1.48 bits per heavy atom. The summed E-state index contributed by atoms with van der Waals surface area (Å²) in [6, 6.07) is -0.838. The number of carboxylic acid groups (broad SMARTS) is 1. The second-order valence-electron chi connectivity index (χ2n) is 4.23. The van der Waals surface area contributed by atoms with Crippen LogP contribution in [0.5, 0.6) is 0 Å². The number of carbonyl (C=O) groups excluding carboxylic acids is 2. The quantitative estimate of drug-likeness (QED) is 0.715. The average molecular weight is 314 g/mol. The van der Waals surface area contributed by atoms with Crippen molar-refractivity contribution in [2.75, 3.05) is 20.1 Å². The van der Waals surface area contributed by atoms with E-state index in [1.165, 1.54) is 17.3 Å². The number of aromatic nitrogens is 1. The van der Waals surface area contributed by atoms with Crippen molar-refractivity contribution in [2.24, 2.45) is 0 Å². The van der Waals surface area contributed by atoms with Crippen molar-refractivity contribution >= 4 is 29.2 Å². The lowest BCUT2D eigenvalue weighted by atomic mass is 10.3. The molecule has 116 valence electrons. The molecule has 0 aliphatic carbocycles. The van der Waals surface area contributed by atoms with Crippen LogP contribution in [0.3, 0.4) is 0 Å². The van der Waals surface area contributed by atoms with Gasteiger partial charge in [-0.25, -0.2) is 14.6 Å². The smallest absolute Gasteiger partial charge is 0.355 e. The molecule has 1 heterocycles. The predicted molar refractivity (Wildman–Crippen MR) is 77.3 cm³/mol. The van der Waals surface area contributed by atoms with Crippen molar-refractivity contribution in [3.63, 3.8) is 0 Å². The highest BCUT2D eigenvalue weighted by Gasteiger charge is 2.20. The molecule has 0 fully saturated rings. The highest BCUT2D eigenvalue weighted by molar-refractivity contribution is 7.09. The molecule has 8 nitrogen and oxygen atoms in total. The van der Waals surface area contributed by atoms with E-state index in [2.05, 4.69) is 15.6 Å². The van der Waals surface area contributed by atoms with Gasteiger partial charge in [0.25, 0.3) is 0 Å². The van der Waals surface area contributed by atoms with E-state index in [4.69, 9.17) is 5.11 Å². The molecule has 0 aliphatic rings. The van der Waals surface area contributed by atoms with E-state index in [1.54, 1.807) is 13.8 Å². The summed E-state index contributed by atoms with van der Waals surface area (Å²) in [5.41, 5.74) is -0.0474. The highest BCUT2D eigenvalue weighted by atomic mass is 32.1. The van der Waals surface area contributed by atoms with Gasteiger partial charge in [-0.15, -0.1) is 11.3 Å². The molecule has 0 bridgehead atoms. The second kappa shape index (κ2) is 7.58. The summed E-state index contributed by atoms with van der Waals surface area (Å²) in [7, 11) is 1.50. The molecule has 1 unspecified atom stereocenters. The molecule has 3 amide bonds. The highest BCUT2D eigenvalue weighted by Crippen LogP contribution is 2.18. The number of amides is 3. The van der Waals surface area contributed by atoms with Gasteiger partial charge in [0.05, 0.1) is 6.04 Å². The zero-order valence-electron chi connectivity index (χ0n) is 12.0. The van der Waals surface area contributed by atoms with E-state index < -0.39 is 18.0 Å². The van der Waals surface area contributed by atoms with Gasteiger partial charge in [0.1, 0.15) is 11.6 Å². The van der Waals surface area contributed by atoms with Crippen LogP contribution in [0.15, 0.2) is 5.38 Å². The van der Waals surface area contributed by atoms with Gasteiger partial charge in [-0.3, -0.25) is 4.79 Å². The first kappa shape index (κ1) is 16.9. The molecule has 0 radical (unpaired) electrons. The zero-order valence-corrected chi connectivity index (χ0v) is 12.9. The van der Waals surface area contributed by atoms with Crippen LogP contribution in [0.25, 0.3) is 0 Å². The van der Waals surface area contributed by atoms with Crippen LogP contribution in [0.4, 0.5) is 4.79 Å². The summed E-state index contributed by atoms with van der Waals surface area (Å²) >= 11 is 1.16. The van der Waals surface area contributed by atoms with Gasteiger partial charge in [-0.2, -0.15) is 0 Å². The number of thiazole rings is 1. The molecule has 0 aromatic carbocycles. The first-order valence-electron chi connectivity index (χ1n) is 6.33. The number of carbonyl (C=O) groups is 3. The third-order valence-corrected chi connectivity index (χ3v) is 3.76. The van der Waals surface area contributed by atoms with Crippen molar-refractivity contribution in [3.05, 3.63) is 16.1 Å². The molecule has 1 atom stereocenters. The lowest BCUT2D eigenvalue weighted by molar-refractivity contribution is -0.121. The maximum Gasteiger partial charge on any atom is 0.355 e. The number of urea groups is 1. The van der Waals surface area contributed by atoms with Crippen molar-refractivity contribution in [1.82, 2.24) is 20.5 Å². The number of carboxylic acids is 1. The Kier molecular flexibility index (Phi) is 6.10. The van der Waals surface area contributed by atoms with Crippen LogP contribution in [0, 0.1) is 0 Å². The maximum absolute atomic E-state index is 12.0. The Morgan fingerprint density at radius 3 is 2.62 bits per heavy atom. The molecule has 0 spiro atoms. The predicted octanol–water partition coefficient (Wildman–Crippen LogP) is 0.680. The first-order chi connectivity index (χ1) is 9.88. The number of nitrogens with one attached hydrogen (secondary N) is 2. The maximum atomic E-state index is 12.0. The van der Waals surface area contributed by atoms with E-state index in [1.807, 2.05) is 0 Å². The average Bonchev–Trinajstić information content (AvgIpc) is 2.94. The summed E-state index contributed by atoms with van der Waals surface area (Å²) in [6.45, 7) is 3.81. The minimum absolute atomic E-state index is 0.0379. The van der Waals surface area contributed by atoms with Gasteiger partial charge in [0, 0.05) is 19.0 Å². The van der Waals surface area contributed by atoms with Gasteiger partial charge in [0.15, 0.2) is 5.69 Å². The summed E-state index contributed by atoms with van der Waals surface area (Å²) in [5, 5.41) is 15.9. The summed E-state index contributed by atoms with van der Waals surface area (Å²) in [5.74, 6) is -1.37. The molecule has 1 aromatic rings. The first-order valence-corrected chi connectivity index (χ1v) is 7.21. The lowest BCUT2D eigenvalue weighted by Crippen LogP contribution is -2.45. The number of likely N-dealkylation sites (N-methyl/N-ethyl adjacent to an activating group) is 2. The molecule has 3 N–H and O–H groups in total. The minimum atomic E-state index is -1.11. The lowest BCUT2D eigenvalue weighted by Gasteiger charge is -2.22. The monoisotopic (exact) mass is 314 g/mol. The van der Waals surface area contributed by atoms with Crippen LogP contribution in [-0.4, -0.2) is 53.0 Å². The van der Waals surface area contributed by atoms with Crippen LogP contribution in [0.2, 0.25) is 0 Å². The number of hydrogen-bond donors (Lipinski definition) is 3. The molecule has 0 saturated carbocycles. The summed E-state index contributed by atoms with van der Waals surface area (Å²) < 4.78 is 0. The second-order valence-corrected chi connectivity index (χ2v) is 5.12. The molecule has 9 heteroatoms. The topological polar surface area (TPSA) is 112 Å². The standard InChI is InChI=1S/C12H18N4O4S/c1-4-16(5-9(17)13-3)12(20)14-7(2)10-15-8(6-21-10)11(18)19/h6-7H,4-5H2,1-3H3,(H,13,17)(H,14,20)(H,18,19). The van der Waals surface area contributed by atoms with Crippen LogP contribution < -0.4 is 10.6 Å². The summed E-state index contributed by atoms with van der Waals surface area (Å²) in [4.78, 5) is 39.4.